The number of aromatic nitrogens is 3. The minimum Gasteiger partial charge on any atom is -0.290 e. The number of anilines is 1. The van der Waals surface area contributed by atoms with Crippen LogP contribution in [0.25, 0.3) is 0 Å². The first-order valence-electron chi connectivity index (χ1n) is 5.08. The Morgan fingerprint density at radius 3 is 2.47 bits per heavy atom. The SMILES string of the molecule is O=C(Nc1ncccn1)c1cnccc1C(F)(F)F. The number of hydrogen-bond donors (Lipinski definition) is 1. The molecule has 5 nitrogen and oxygen atoms in total. The second kappa shape index (κ2) is 5.01. The summed E-state index contributed by atoms with van der Waals surface area (Å²) in [7, 11) is 0. The topological polar surface area (TPSA) is 67.8 Å². The summed E-state index contributed by atoms with van der Waals surface area (Å²) in [5.41, 5.74) is -1.64. The van der Waals surface area contributed by atoms with Gasteiger partial charge in [-0.25, -0.2) is 9.97 Å². The predicted octanol–water partition coefficient (Wildman–Crippen LogP) is 2.14. The molecule has 2 aromatic rings. The van der Waals surface area contributed by atoms with Crippen LogP contribution >= 0.6 is 0 Å². The fourth-order valence-electron chi connectivity index (χ4n) is 1.36. The van der Waals surface area contributed by atoms with Crippen molar-refractivity contribution in [3.8, 4) is 0 Å². The predicted molar refractivity (Wildman–Crippen MR) is 59.2 cm³/mol. The fraction of sp³-hybridized carbons (Fsp3) is 0.0909. The molecule has 0 saturated heterocycles. The molecule has 98 valence electrons. The minimum absolute atomic E-state index is 0.0792. The third kappa shape index (κ3) is 3.03. The Hall–Kier alpha value is -2.51. The molecule has 0 fully saturated rings. The number of amides is 1. The molecule has 0 aliphatic rings. The third-order valence-electron chi connectivity index (χ3n) is 2.16. The summed E-state index contributed by atoms with van der Waals surface area (Å²) in [5, 5.41) is 2.17. The molecule has 2 heterocycles. The quantitative estimate of drug-likeness (QED) is 0.906. The summed E-state index contributed by atoms with van der Waals surface area (Å²) in [6.07, 6.45) is -0.0973. The highest BCUT2D eigenvalue weighted by Gasteiger charge is 2.35. The van der Waals surface area contributed by atoms with E-state index in [2.05, 4.69) is 20.3 Å². The van der Waals surface area contributed by atoms with E-state index in [1.54, 1.807) is 0 Å². The number of carbonyl (C=O) groups is 1. The summed E-state index contributed by atoms with van der Waals surface area (Å²) in [4.78, 5) is 22.7. The number of hydrogen-bond acceptors (Lipinski definition) is 4. The first kappa shape index (κ1) is 12.9. The number of nitrogens with one attached hydrogen (secondary N) is 1. The van der Waals surface area contributed by atoms with Crippen LogP contribution in [0.1, 0.15) is 15.9 Å². The van der Waals surface area contributed by atoms with Crippen LogP contribution in [0, 0.1) is 0 Å². The zero-order valence-electron chi connectivity index (χ0n) is 9.35. The summed E-state index contributed by atoms with van der Waals surface area (Å²) in [5.74, 6) is -1.05. The monoisotopic (exact) mass is 268 g/mol. The average Bonchev–Trinajstić information content (AvgIpc) is 2.39. The van der Waals surface area contributed by atoms with Crippen molar-refractivity contribution < 1.29 is 18.0 Å². The molecule has 2 rings (SSSR count). The molecule has 0 saturated carbocycles. The normalized spacial score (nSPS) is 11.1. The van der Waals surface area contributed by atoms with Crippen molar-refractivity contribution >= 4 is 11.9 Å². The maximum Gasteiger partial charge on any atom is 0.417 e. The van der Waals surface area contributed by atoms with Crippen LogP contribution in [0.2, 0.25) is 0 Å². The van der Waals surface area contributed by atoms with E-state index >= 15 is 0 Å². The molecule has 0 aliphatic carbocycles. The average molecular weight is 268 g/mol. The molecule has 0 unspecified atom stereocenters. The Morgan fingerprint density at radius 2 is 1.84 bits per heavy atom. The zero-order valence-corrected chi connectivity index (χ0v) is 9.35. The van der Waals surface area contributed by atoms with Gasteiger partial charge in [-0.2, -0.15) is 13.2 Å². The molecule has 0 radical (unpaired) electrons. The zero-order chi connectivity index (χ0) is 13.9. The highest BCUT2D eigenvalue weighted by molar-refractivity contribution is 6.04. The van der Waals surface area contributed by atoms with E-state index < -0.39 is 23.2 Å². The van der Waals surface area contributed by atoms with Gasteiger partial charge in [0, 0.05) is 24.8 Å². The Morgan fingerprint density at radius 1 is 1.16 bits per heavy atom. The Kier molecular flexibility index (Phi) is 3.41. The van der Waals surface area contributed by atoms with Crippen molar-refractivity contribution in [2.24, 2.45) is 0 Å². The lowest BCUT2D eigenvalue weighted by atomic mass is 10.1. The lowest BCUT2D eigenvalue weighted by molar-refractivity contribution is -0.137. The molecule has 19 heavy (non-hydrogen) atoms. The van der Waals surface area contributed by atoms with Gasteiger partial charge in [-0.3, -0.25) is 15.1 Å². The molecular weight excluding hydrogens is 261 g/mol. The van der Waals surface area contributed by atoms with Gasteiger partial charge in [-0.15, -0.1) is 0 Å². The van der Waals surface area contributed by atoms with E-state index in [1.807, 2.05) is 0 Å². The van der Waals surface area contributed by atoms with Gasteiger partial charge in [0.1, 0.15) is 0 Å². The summed E-state index contributed by atoms with van der Waals surface area (Å²) in [6.45, 7) is 0. The van der Waals surface area contributed by atoms with Gasteiger partial charge in [-0.1, -0.05) is 0 Å². The van der Waals surface area contributed by atoms with Gasteiger partial charge in [0.05, 0.1) is 11.1 Å². The Bertz CT molecular complexity index is 586. The van der Waals surface area contributed by atoms with Gasteiger partial charge in [-0.05, 0) is 12.1 Å². The van der Waals surface area contributed by atoms with E-state index in [0.29, 0.717) is 0 Å². The van der Waals surface area contributed by atoms with Gasteiger partial charge in [0.25, 0.3) is 5.91 Å². The van der Waals surface area contributed by atoms with Crippen molar-refractivity contribution in [3.05, 3.63) is 48.0 Å². The van der Waals surface area contributed by atoms with E-state index in [4.69, 9.17) is 0 Å². The van der Waals surface area contributed by atoms with E-state index in [0.717, 1.165) is 18.5 Å². The van der Waals surface area contributed by atoms with Crippen molar-refractivity contribution in [2.75, 3.05) is 5.32 Å². The van der Waals surface area contributed by atoms with Crippen LogP contribution in [0.5, 0.6) is 0 Å². The van der Waals surface area contributed by atoms with Crippen LogP contribution in [0.15, 0.2) is 36.9 Å². The number of alkyl halides is 3. The van der Waals surface area contributed by atoms with Crippen molar-refractivity contribution in [2.45, 2.75) is 6.18 Å². The molecule has 1 amide bonds. The van der Waals surface area contributed by atoms with Gasteiger partial charge in [0.15, 0.2) is 0 Å². The second-order valence-corrected chi connectivity index (χ2v) is 3.45. The van der Waals surface area contributed by atoms with E-state index in [1.165, 1.54) is 18.5 Å². The smallest absolute Gasteiger partial charge is 0.290 e. The largest absolute Gasteiger partial charge is 0.417 e. The van der Waals surface area contributed by atoms with E-state index in [9.17, 15) is 18.0 Å². The van der Waals surface area contributed by atoms with Crippen molar-refractivity contribution in [3.63, 3.8) is 0 Å². The lowest BCUT2D eigenvalue weighted by Gasteiger charge is -2.11. The van der Waals surface area contributed by atoms with Crippen LogP contribution < -0.4 is 5.32 Å². The maximum atomic E-state index is 12.7. The molecule has 0 spiro atoms. The highest BCUT2D eigenvalue weighted by Crippen LogP contribution is 2.31. The number of nitrogens with zero attached hydrogens (tertiary/aromatic N) is 3. The third-order valence-corrected chi connectivity index (χ3v) is 2.16. The van der Waals surface area contributed by atoms with Crippen molar-refractivity contribution in [1.82, 2.24) is 15.0 Å². The summed E-state index contributed by atoms with van der Waals surface area (Å²) >= 11 is 0. The molecule has 0 aromatic carbocycles. The van der Waals surface area contributed by atoms with Gasteiger partial charge < -0.3 is 0 Å². The van der Waals surface area contributed by atoms with E-state index in [-0.39, 0.29) is 5.95 Å². The first-order valence-corrected chi connectivity index (χ1v) is 5.08. The van der Waals surface area contributed by atoms with Gasteiger partial charge in [0.2, 0.25) is 5.95 Å². The standard InChI is InChI=1S/C11H7F3N4O/c12-11(13,14)8-2-5-15-6-7(8)9(19)18-10-16-3-1-4-17-10/h1-6H,(H,16,17,18,19). The highest BCUT2D eigenvalue weighted by atomic mass is 19.4. The van der Waals surface area contributed by atoms with Crippen LogP contribution in [-0.2, 0) is 6.18 Å². The van der Waals surface area contributed by atoms with Crippen LogP contribution in [0.4, 0.5) is 19.1 Å². The molecular formula is C11H7F3N4O. The molecule has 1 N–H and O–H groups in total. The maximum absolute atomic E-state index is 12.7. The minimum atomic E-state index is -4.63. The van der Waals surface area contributed by atoms with Crippen molar-refractivity contribution in [1.29, 1.82) is 0 Å². The van der Waals surface area contributed by atoms with Crippen LogP contribution in [-0.4, -0.2) is 20.9 Å². The lowest BCUT2D eigenvalue weighted by Crippen LogP contribution is -2.20. The summed E-state index contributed by atoms with van der Waals surface area (Å²) in [6, 6.07) is 2.25. The Labute approximate surface area is 105 Å². The second-order valence-electron chi connectivity index (χ2n) is 3.45. The molecule has 8 heteroatoms. The number of pyridine rings is 1. The number of halogens is 3. The molecule has 0 bridgehead atoms. The fourth-order valence-corrected chi connectivity index (χ4v) is 1.36. The van der Waals surface area contributed by atoms with Crippen LogP contribution in [0.3, 0.4) is 0 Å². The molecule has 0 atom stereocenters. The van der Waals surface area contributed by atoms with Gasteiger partial charge >= 0.3 is 6.18 Å². The molecule has 0 aliphatic heterocycles. The summed E-state index contributed by atoms with van der Waals surface area (Å²) < 4.78 is 38.1. The Balaban J connectivity index is 2.30. The molecule has 2 aromatic heterocycles. The number of carbonyl (C=O) groups excluding carboxylic acids is 1. The number of rotatable bonds is 2. The first-order chi connectivity index (χ1) is 8.98.